The van der Waals surface area contributed by atoms with Gasteiger partial charge in [0.25, 0.3) is 0 Å². The Balaban J connectivity index is 1.09. The van der Waals surface area contributed by atoms with Gasteiger partial charge in [-0.05, 0) is 117 Å². The second-order valence-corrected chi connectivity index (χ2v) is 16.4. The lowest BCUT2D eigenvalue weighted by molar-refractivity contribution is 0.327. The molecule has 270 valence electrons. The highest BCUT2D eigenvalue weighted by Crippen LogP contribution is 2.66. The highest BCUT2D eigenvalue weighted by Gasteiger charge is 2.56. The maximum atomic E-state index is 2.63. The number of anilines is 2. The fraction of sp³-hybridized carbons (Fsp3) is 0.164. The average Bonchev–Trinajstić information content (AvgIpc) is 3.97. The first-order valence-electron chi connectivity index (χ1n) is 20.5. The standard InChI is InChI=1S/C55H45N/c1-3-16-39(17-4-1)41-20-15-21-43(35-41)56(44-32-33-53-51(36-44)49-26-11-13-28-52(49)55(53)37-38-30-31-42(55)34-38)54-29-14-12-27-50(54)48-25-10-9-24-47(48)46-23-8-7-22-45(46)40-18-5-2-6-19-40/h1-29,32-33,35-36,38,42,50,54H,30-31,34,37H2/t38?,42?,50?,54?,55-/m0/s1. The second kappa shape index (κ2) is 13.5. The molecule has 0 N–H and O–H groups in total. The summed E-state index contributed by atoms with van der Waals surface area (Å²) >= 11 is 0. The lowest BCUT2D eigenvalue weighted by Gasteiger charge is -2.39. The molecule has 0 amide bonds. The van der Waals surface area contributed by atoms with E-state index in [4.69, 9.17) is 0 Å². The SMILES string of the molecule is C1=CC(c2ccccc2-c2ccccc2-c2ccccc2)C(N(c2cccc(-c3ccccc3)c2)c2ccc3c(c2)-c2ccccc2[C@@]32CC3CCC2C3)C=C1. The lowest BCUT2D eigenvalue weighted by Crippen LogP contribution is -2.36. The molecule has 56 heavy (non-hydrogen) atoms. The minimum Gasteiger partial charge on any atom is -0.334 e. The molecule has 2 fully saturated rings. The van der Waals surface area contributed by atoms with Crippen LogP contribution in [0.1, 0.15) is 48.3 Å². The van der Waals surface area contributed by atoms with E-state index in [2.05, 4.69) is 205 Å². The Morgan fingerprint density at radius 2 is 1.09 bits per heavy atom. The maximum Gasteiger partial charge on any atom is 0.0628 e. The van der Waals surface area contributed by atoms with Crippen molar-refractivity contribution >= 4 is 11.4 Å². The maximum absolute atomic E-state index is 2.63. The van der Waals surface area contributed by atoms with Crippen LogP contribution in [0.25, 0.3) is 44.5 Å². The zero-order valence-corrected chi connectivity index (χ0v) is 31.6. The van der Waals surface area contributed by atoms with E-state index in [1.807, 2.05) is 0 Å². The molecular weight excluding hydrogens is 675 g/mol. The first kappa shape index (κ1) is 33.2. The van der Waals surface area contributed by atoms with E-state index in [9.17, 15) is 0 Å². The molecule has 11 rings (SSSR count). The van der Waals surface area contributed by atoms with Crippen molar-refractivity contribution in [1.82, 2.24) is 0 Å². The van der Waals surface area contributed by atoms with E-state index < -0.39 is 0 Å². The van der Waals surface area contributed by atoms with Crippen molar-refractivity contribution in [3.63, 3.8) is 0 Å². The van der Waals surface area contributed by atoms with Crippen LogP contribution < -0.4 is 4.90 Å². The summed E-state index contributed by atoms with van der Waals surface area (Å²) in [6.07, 6.45) is 14.8. The molecular formula is C55H45N. The van der Waals surface area contributed by atoms with Crippen LogP contribution in [0.2, 0.25) is 0 Å². The van der Waals surface area contributed by atoms with Crippen molar-refractivity contribution in [3.05, 3.63) is 217 Å². The summed E-state index contributed by atoms with van der Waals surface area (Å²) in [5.41, 5.74) is 17.4. The zero-order chi connectivity index (χ0) is 37.1. The summed E-state index contributed by atoms with van der Waals surface area (Å²) in [6, 6.07) is 65.7. The number of allylic oxidation sites excluding steroid dienone is 2. The number of hydrogen-bond donors (Lipinski definition) is 0. The summed E-state index contributed by atoms with van der Waals surface area (Å²) in [4.78, 5) is 2.63. The Morgan fingerprint density at radius 1 is 0.446 bits per heavy atom. The Hall–Kier alpha value is -6.18. The highest BCUT2D eigenvalue weighted by molar-refractivity contribution is 5.87. The van der Waals surface area contributed by atoms with Crippen LogP contribution in [0.15, 0.2) is 200 Å². The van der Waals surface area contributed by atoms with Gasteiger partial charge < -0.3 is 4.90 Å². The number of rotatable bonds is 7. The summed E-state index contributed by atoms with van der Waals surface area (Å²) < 4.78 is 0. The average molecular weight is 720 g/mol. The van der Waals surface area contributed by atoms with E-state index in [1.165, 1.54) is 87.1 Å². The second-order valence-electron chi connectivity index (χ2n) is 16.4. The smallest absolute Gasteiger partial charge is 0.0628 e. The van der Waals surface area contributed by atoms with Crippen molar-refractivity contribution in [2.75, 3.05) is 4.90 Å². The van der Waals surface area contributed by atoms with Crippen LogP contribution in [-0.4, -0.2) is 6.04 Å². The lowest BCUT2D eigenvalue weighted by atomic mass is 9.67. The molecule has 4 unspecified atom stereocenters. The number of fused-ring (bicyclic) bond motifs is 8. The van der Waals surface area contributed by atoms with Crippen LogP contribution in [0, 0.1) is 11.8 Å². The predicted octanol–water partition coefficient (Wildman–Crippen LogP) is 14.2. The molecule has 1 heteroatoms. The molecule has 0 aromatic heterocycles. The predicted molar refractivity (Wildman–Crippen MR) is 234 cm³/mol. The molecule has 2 bridgehead atoms. The third-order valence-electron chi connectivity index (χ3n) is 13.6. The summed E-state index contributed by atoms with van der Waals surface area (Å²) in [5.74, 6) is 1.69. The molecule has 4 aliphatic rings. The molecule has 7 aromatic carbocycles. The number of hydrogen-bond acceptors (Lipinski definition) is 1. The van der Waals surface area contributed by atoms with Gasteiger partial charge in [-0.25, -0.2) is 0 Å². The molecule has 4 aliphatic carbocycles. The van der Waals surface area contributed by atoms with Gasteiger partial charge in [-0.2, -0.15) is 0 Å². The van der Waals surface area contributed by atoms with Crippen molar-refractivity contribution in [1.29, 1.82) is 0 Å². The fourth-order valence-corrected chi connectivity index (χ4v) is 11.2. The number of benzene rings is 7. The largest absolute Gasteiger partial charge is 0.334 e. The first-order chi connectivity index (χ1) is 27.8. The molecule has 1 nitrogen and oxygen atoms in total. The van der Waals surface area contributed by atoms with Gasteiger partial charge in [0.1, 0.15) is 0 Å². The molecule has 2 saturated carbocycles. The third-order valence-corrected chi connectivity index (χ3v) is 13.6. The van der Waals surface area contributed by atoms with E-state index >= 15 is 0 Å². The van der Waals surface area contributed by atoms with Gasteiger partial charge in [0.15, 0.2) is 0 Å². The Morgan fingerprint density at radius 3 is 1.88 bits per heavy atom. The molecule has 0 aliphatic heterocycles. The normalized spacial score (nSPS) is 22.6. The molecule has 0 radical (unpaired) electrons. The van der Waals surface area contributed by atoms with E-state index in [0.717, 1.165) is 11.8 Å². The Labute approximate surface area is 331 Å². The molecule has 5 atom stereocenters. The molecule has 0 heterocycles. The van der Waals surface area contributed by atoms with Crippen LogP contribution in [0.3, 0.4) is 0 Å². The van der Waals surface area contributed by atoms with Gasteiger partial charge in [-0.3, -0.25) is 0 Å². The van der Waals surface area contributed by atoms with Crippen molar-refractivity contribution in [2.24, 2.45) is 11.8 Å². The Kier molecular flexibility index (Phi) is 8.02. The zero-order valence-electron chi connectivity index (χ0n) is 31.6. The summed E-state index contributed by atoms with van der Waals surface area (Å²) in [5, 5.41) is 0. The van der Waals surface area contributed by atoms with Gasteiger partial charge >= 0.3 is 0 Å². The molecule has 7 aromatic rings. The minimum absolute atomic E-state index is 0.0298. The molecule has 0 saturated heterocycles. The van der Waals surface area contributed by atoms with Crippen molar-refractivity contribution in [2.45, 2.75) is 43.1 Å². The van der Waals surface area contributed by atoms with Gasteiger partial charge in [0, 0.05) is 22.7 Å². The highest BCUT2D eigenvalue weighted by atomic mass is 15.2. The van der Waals surface area contributed by atoms with Gasteiger partial charge in [0.2, 0.25) is 0 Å². The van der Waals surface area contributed by atoms with Crippen molar-refractivity contribution < 1.29 is 0 Å². The Bertz CT molecular complexity index is 2630. The summed E-state index contributed by atoms with van der Waals surface area (Å²) in [7, 11) is 0. The first-order valence-corrected chi connectivity index (χ1v) is 20.5. The molecule has 1 spiro atoms. The quantitative estimate of drug-likeness (QED) is 0.159. The van der Waals surface area contributed by atoms with E-state index in [1.54, 1.807) is 11.1 Å². The van der Waals surface area contributed by atoms with E-state index in [0.29, 0.717) is 0 Å². The van der Waals surface area contributed by atoms with Crippen LogP contribution >= 0.6 is 0 Å². The summed E-state index contributed by atoms with van der Waals surface area (Å²) in [6.45, 7) is 0. The fourth-order valence-electron chi connectivity index (χ4n) is 11.2. The minimum atomic E-state index is 0.0298. The van der Waals surface area contributed by atoms with Gasteiger partial charge in [-0.1, -0.05) is 182 Å². The van der Waals surface area contributed by atoms with Crippen molar-refractivity contribution in [3.8, 4) is 44.5 Å². The monoisotopic (exact) mass is 719 g/mol. The van der Waals surface area contributed by atoms with Crippen LogP contribution in [0.4, 0.5) is 11.4 Å². The van der Waals surface area contributed by atoms with Crippen LogP contribution in [-0.2, 0) is 5.41 Å². The van der Waals surface area contributed by atoms with E-state index in [-0.39, 0.29) is 17.4 Å². The van der Waals surface area contributed by atoms with Gasteiger partial charge in [-0.15, -0.1) is 0 Å². The third kappa shape index (κ3) is 5.29. The topological polar surface area (TPSA) is 3.24 Å². The number of nitrogens with zero attached hydrogens (tertiary/aromatic N) is 1. The van der Waals surface area contributed by atoms with Crippen LogP contribution in [0.5, 0.6) is 0 Å². The van der Waals surface area contributed by atoms with Gasteiger partial charge in [0.05, 0.1) is 6.04 Å².